The van der Waals surface area contributed by atoms with Crippen molar-refractivity contribution in [3.8, 4) is 0 Å². The number of nitrogens with zero attached hydrogens (tertiary/aromatic N) is 3. The Hall–Kier alpha value is -2.22. The van der Waals surface area contributed by atoms with E-state index in [-0.39, 0.29) is 30.2 Å². The molecule has 1 aromatic rings. The third-order valence-electron chi connectivity index (χ3n) is 6.24. The highest BCUT2D eigenvalue weighted by Gasteiger charge is 2.73. The summed E-state index contributed by atoms with van der Waals surface area (Å²) in [6, 6.07) is 6.36. The molecule has 4 amide bonds. The van der Waals surface area contributed by atoms with E-state index in [9.17, 15) is 19.2 Å². The van der Waals surface area contributed by atoms with Gasteiger partial charge >= 0.3 is 0 Å². The number of carbonyl (C=O) groups excluding carboxylic acids is 4. The lowest BCUT2D eigenvalue weighted by Gasteiger charge is -2.47. The second-order valence-corrected chi connectivity index (χ2v) is 8.40. The maximum atomic E-state index is 13.3. The highest BCUT2D eigenvalue weighted by atomic mass is 79.9. The largest absolute Gasteiger partial charge is 0.339 e. The van der Waals surface area contributed by atoms with Crippen LogP contribution in [-0.4, -0.2) is 70.0 Å². The Balaban J connectivity index is 1.85. The van der Waals surface area contributed by atoms with Gasteiger partial charge in [-0.25, -0.2) is 0 Å². The summed E-state index contributed by atoms with van der Waals surface area (Å²) in [6.07, 6.45) is 0. The predicted molar refractivity (Wildman–Crippen MR) is 99.5 cm³/mol. The molecule has 0 aliphatic carbocycles. The summed E-state index contributed by atoms with van der Waals surface area (Å²) in [6.45, 7) is 4.23. The van der Waals surface area contributed by atoms with E-state index in [1.54, 1.807) is 36.1 Å². The van der Waals surface area contributed by atoms with E-state index < -0.39 is 23.4 Å². The summed E-state index contributed by atoms with van der Waals surface area (Å²) < 4.78 is 0.837. The first-order valence-corrected chi connectivity index (χ1v) is 9.72. The molecule has 0 N–H and O–H groups in total. The van der Waals surface area contributed by atoms with Crippen molar-refractivity contribution in [2.75, 3.05) is 20.1 Å². The zero-order chi connectivity index (χ0) is 19.7. The number of fused-ring (bicyclic) bond motifs is 5. The van der Waals surface area contributed by atoms with Crippen LogP contribution in [0.5, 0.6) is 0 Å². The van der Waals surface area contributed by atoms with Crippen LogP contribution in [0.4, 0.5) is 0 Å². The highest BCUT2D eigenvalue weighted by molar-refractivity contribution is 9.10. The number of hydrogen-bond donors (Lipinski definition) is 0. The van der Waals surface area contributed by atoms with Gasteiger partial charge in [-0.15, -0.1) is 0 Å². The van der Waals surface area contributed by atoms with E-state index in [0.717, 1.165) is 9.37 Å². The molecule has 1 aromatic carbocycles. The number of rotatable bonds is 2. The van der Waals surface area contributed by atoms with Crippen LogP contribution < -0.4 is 0 Å². The van der Waals surface area contributed by atoms with Gasteiger partial charge in [0, 0.05) is 30.2 Å². The molecule has 3 unspecified atom stereocenters. The first-order chi connectivity index (χ1) is 12.7. The summed E-state index contributed by atoms with van der Waals surface area (Å²) in [7, 11) is 1.45. The number of hydrogen-bond acceptors (Lipinski definition) is 4. The third kappa shape index (κ3) is 2.19. The van der Waals surface area contributed by atoms with Gasteiger partial charge in [0.15, 0.2) is 0 Å². The Kier molecular flexibility index (Phi) is 3.96. The number of carbonyl (C=O) groups is 4. The zero-order valence-electron chi connectivity index (χ0n) is 15.3. The van der Waals surface area contributed by atoms with E-state index in [1.807, 2.05) is 6.92 Å². The fourth-order valence-corrected chi connectivity index (χ4v) is 5.16. The Morgan fingerprint density at radius 3 is 2.41 bits per heavy atom. The van der Waals surface area contributed by atoms with Gasteiger partial charge < -0.3 is 9.80 Å². The minimum Gasteiger partial charge on any atom is -0.339 e. The van der Waals surface area contributed by atoms with E-state index in [4.69, 9.17) is 0 Å². The van der Waals surface area contributed by atoms with Gasteiger partial charge in [0.05, 0.1) is 17.9 Å². The summed E-state index contributed by atoms with van der Waals surface area (Å²) in [5.74, 6) is -2.78. The van der Waals surface area contributed by atoms with Gasteiger partial charge in [0.1, 0.15) is 5.54 Å². The van der Waals surface area contributed by atoms with E-state index >= 15 is 0 Å². The topological polar surface area (TPSA) is 78.0 Å². The average molecular weight is 434 g/mol. The molecule has 3 saturated heterocycles. The van der Waals surface area contributed by atoms with Crippen LogP contribution in [-0.2, 0) is 14.4 Å². The van der Waals surface area contributed by atoms with Crippen LogP contribution in [0.1, 0.15) is 24.2 Å². The molecule has 0 radical (unpaired) electrons. The minimum absolute atomic E-state index is 0.265. The van der Waals surface area contributed by atoms with Crippen LogP contribution in [0.15, 0.2) is 28.7 Å². The molecule has 3 aliphatic heterocycles. The Morgan fingerprint density at radius 1 is 1.19 bits per heavy atom. The third-order valence-corrected chi connectivity index (χ3v) is 6.77. The van der Waals surface area contributed by atoms with Gasteiger partial charge in [-0.1, -0.05) is 15.9 Å². The maximum Gasteiger partial charge on any atom is 0.255 e. The standard InChI is InChI=1S/C19H20BrN3O4/c1-4-22-9-12-13-14(17(26)21(3)16(13)25)19(2,18(22)27)23(12)15(24)10-5-7-11(20)8-6-10/h5-8,12-14H,4,9H2,1-3H3/t12?,13?,14?,19-/m1/s1. The molecule has 2 bridgehead atoms. The van der Waals surface area contributed by atoms with Crippen LogP contribution in [0.2, 0.25) is 0 Å². The molecule has 27 heavy (non-hydrogen) atoms. The molecule has 3 aliphatic rings. The smallest absolute Gasteiger partial charge is 0.255 e. The fraction of sp³-hybridized carbons (Fsp3) is 0.474. The van der Waals surface area contributed by atoms with Gasteiger partial charge in [-0.2, -0.15) is 0 Å². The Morgan fingerprint density at radius 2 is 1.81 bits per heavy atom. The van der Waals surface area contributed by atoms with Gasteiger partial charge in [-0.05, 0) is 38.1 Å². The van der Waals surface area contributed by atoms with Crippen LogP contribution in [0.3, 0.4) is 0 Å². The second kappa shape index (κ2) is 5.89. The second-order valence-electron chi connectivity index (χ2n) is 7.48. The van der Waals surface area contributed by atoms with Crippen molar-refractivity contribution in [3.63, 3.8) is 0 Å². The predicted octanol–water partition coefficient (Wildman–Crippen LogP) is 1.13. The summed E-state index contributed by atoms with van der Waals surface area (Å²) in [4.78, 5) is 56.5. The van der Waals surface area contributed by atoms with Crippen LogP contribution in [0.25, 0.3) is 0 Å². The van der Waals surface area contributed by atoms with Crippen molar-refractivity contribution in [1.82, 2.24) is 14.7 Å². The van der Waals surface area contributed by atoms with Crippen molar-refractivity contribution in [2.24, 2.45) is 11.8 Å². The monoisotopic (exact) mass is 433 g/mol. The molecule has 8 heteroatoms. The maximum absolute atomic E-state index is 13.3. The zero-order valence-corrected chi connectivity index (χ0v) is 16.9. The molecule has 0 aromatic heterocycles. The van der Waals surface area contributed by atoms with E-state index in [0.29, 0.717) is 12.1 Å². The number of benzene rings is 1. The SMILES string of the molecule is CCN1CC2C3C(=O)N(C)C(=O)C3[C@](C)(C1=O)N2C(=O)c1ccc(Br)cc1. The molecular weight excluding hydrogens is 414 g/mol. The van der Waals surface area contributed by atoms with Crippen molar-refractivity contribution < 1.29 is 19.2 Å². The fourth-order valence-electron chi connectivity index (χ4n) is 4.89. The Labute approximate surface area is 165 Å². The van der Waals surface area contributed by atoms with Gasteiger partial charge in [0.25, 0.3) is 5.91 Å². The average Bonchev–Trinajstić information content (AvgIpc) is 3.01. The molecule has 0 spiro atoms. The molecule has 142 valence electrons. The van der Waals surface area contributed by atoms with Gasteiger partial charge in [-0.3, -0.25) is 24.1 Å². The van der Waals surface area contributed by atoms with E-state index in [1.165, 1.54) is 11.9 Å². The van der Waals surface area contributed by atoms with Crippen molar-refractivity contribution >= 4 is 39.6 Å². The van der Waals surface area contributed by atoms with E-state index in [2.05, 4.69) is 15.9 Å². The highest BCUT2D eigenvalue weighted by Crippen LogP contribution is 2.52. The lowest BCUT2D eigenvalue weighted by atomic mass is 9.81. The first kappa shape index (κ1) is 18.2. The number of piperazine rings is 1. The quantitative estimate of drug-likeness (QED) is 0.654. The normalized spacial score (nSPS) is 32.4. The lowest BCUT2D eigenvalue weighted by molar-refractivity contribution is -0.154. The molecule has 7 nitrogen and oxygen atoms in total. The van der Waals surface area contributed by atoms with Gasteiger partial charge in [0.2, 0.25) is 17.7 Å². The summed E-state index contributed by atoms with van der Waals surface area (Å²) in [5.41, 5.74) is -0.925. The molecule has 3 fully saturated rings. The lowest BCUT2D eigenvalue weighted by Crippen LogP contribution is -2.68. The van der Waals surface area contributed by atoms with Crippen molar-refractivity contribution in [3.05, 3.63) is 34.3 Å². The van der Waals surface area contributed by atoms with Crippen molar-refractivity contribution in [1.29, 1.82) is 0 Å². The number of likely N-dealkylation sites (tertiary alicyclic amines) is 2. The molecule has 0 saturated carbocycles. The minimum atomic E-state index is -1.36. The molecule has 4 atom stereocenters. The first-order valence-electron chi connectivity index (χ1n) is 8.93. The summed E-state index contributed by atoms with van der Waals surface area (Å²) >= 11 is 3.35. The van der Waals surface area contributed by atoms with Crippen molar-refractivity contribution in [2.45, 2.75) is 25.4 Å². The van der Waals surface area contributed by atoms with Crippen LogP contribution >= 0.6 is 15.9 Å². The van der Waals surface area contributed by atoms with Crippen LogP contribution in [0, 0.1) is 11.8 Å². The summed E-state index contributed by atoms with van der Waals surface area (Å²) in [5, 5.41) is 0. The number of imide groups is 1. The molecule has 3 heterocycles. The number of amides is 4. The molecular formula is C19H20BrN3O4. The number of halogens is 1. The Bertz CT molecular complexity index is 870. The number of likely N-dealkylation sites (N-methyl/N-ethyl adjacent to an activating group) is 1. The molecule has 4 rings (SSSR count).